The zero-order valence-corrected chi connectivity index (χ0v) is 14.1. The van der Waals surface area contributed by atoms with Crippen LogP contribution in [0.15, 0.2) is 12.3 Å². The normalized spacial score (nSPS) is 17.6. The van der Waals surface area contributed by atoms with Gasteiger partial charge in [-0.2, -0.15) is 13.2 Å². The zero-order chi connectivity index (χ0) is 18.8. The molecule has 0 unspecified atom stereocenters. The van der Waals surface area contributed by atoms with Crippen molar-refractivity contribution in [3.8, 4) is 0 Å². The molecule has 0 aromatic carbocycles. The molecule has 6 nitrogen and oxygen atoms in total. The lowest BCUT2D eigenvalue weighted by Crippen LogP contribution is -2.45. The number of amides is 1. The Morgan fingerprint density at radius 3 is 2.72 bits per heavy atom. The maximum Gasteiger partial charge on any atom is 0.417 e. The Morgan fingerprint density at radius 2 is 2.16 bits per heavy atom. The van der Waals surface area contributed by atoms with Gasteiger partial charge in [0.05, 0.1) is 17.0 Å². The van der Waals surface area contributed by atoms with E-state index in [1.165, 1.54) is 11.9 Å². The molecule has 1 fully saturated rings. The van der Waals surface area contributed by atoms with Gasteiger partial charge in [-0.1, -0.05) is 11.6 Å². The number of aromatic nitrogens is 1. The molecule has 1 aliphatic heterocycles. The number of nitrogens with zero attached hydrogens (tertiary/aromatic N) is 3. The first-order valence-corrected chi connectivity index (χ1v) is 7.95. The van der Waals surface area contributed by atoms with E-state index in [1.807, 2.05) is 0 Å². The highest BCUT2D eigenvalue weighted by molar-refractivity contribution is 6.33. The first kappa shape index (κ1) is 19.3. The summed E-state index contributed by atoms with van der Waals surface area (Å²) in [6.07, 6.45) is -2.90. The number of likely N-dealkylation sites (N-methyl/N-ethyl adjacent to an activating group) is 1. The molecule has 1 N–H and O–H groups in total. The lowest BCUT2D eigenvalue weighted by molar-refractivity contribution is -0.139. The maximum absolute atomic E-state index is 12.7. The standard InChI is InChI=1S/C15H17ClF3N3O3/c1-21(6-4-12(23)24)14(25)11-3-2-5-22(11)13-10(16)7-9(8-20-13)15(17,18)19/h7-8,11H,2-6H2,1H3,(H,23,24)/t11-/m1/s1. The summed E-state index contributed by atoms with van der Waals surface area (Å²) in [5, 5.41) is 8.52. The van der Waals surface area contributed by atoms with Gasteiger partial charge in [-0.05, 0) is 18.9 Å². The minimum absolute atomic E-state index is 0.0483. The van der Waals surface area contributed by atoms with Crippen LogP contribution in [0.25, 0.3) is 0 Å². The monoisotopic (exact) mass is 379 g/mol. The quantitative estimate of drug-likeness (QED) is 0.851. The number of carbonyl (C=O) groups is 2. The molecule has 0 saturated carbocycles. The van der Waals surface area contributed by atoms with Crippen LogP contribution in [-0.2, 0) is 15.8 Å². The average Bonchev–Trinajstić information content (AvgIpc) is 3.00. The fraction of sp³-hybridized carbons (Fsp3) is 0.533. The minimum Gasteiger partial charge on any atom is -0.481 e. The molecular formula is C15H17ClF3N3O3. The SMILES string of the molecule is CN(CCC(=O)O)C(=O)[C@H]1CCCN1c1ncc(C(F)(F)F)cc1Cl. The summed E-state index contributed by atoms with van der Waals surface area (Å²) in [6, 6.07) is 0.165. The van der Waals surface area contributed by atoms with Crippen molar-refractivity contribution in [1.29, 1.82) is 0 Å². The first-order valence-electron chi connectivity index (χ1n) is 7.57. The van der Waals surface area contributed by atoms with E-state index in [9.17, 15) is 22.8 Å². The summed E-state index contributed by atoms with van der Waals surface area (Å²) in [6.45, 7) is 0.480. The lowest BCUT2D eigenvalue weighted by atomic mass is 10.2. The van der Waals surface area contributed by atoms with Crippen LogP contribution in [0.5, 0.6) is 0 Å². The first-order chi connectivity index (χ1) is 11.6. The van der Waals surface area contributed by atoms with Crippen LogP contribution in [-0.4, -0.2) is 53.0 Å². The molecule has 2 heterocycles. The second-order valence-corrected chi connectivity index (χ2v) is 6.19. The molecule has 2 rings (SSSR count). The number of hydrogen-bond donors (Lipinski definition) is 1. The number of carboxylic acids is 1. The van der Waals surface area contributed by atoms with Crippen molar-refractivity contribution in [2.45, 2.75) is 31.5 Å². The number of hydrogen-bond acceptors (Lipinski definition) is 4. The number of carboxylic acid groups (broad SMARTS) is 1. The Morgan fingerprint density at radius 1 is 1.48 bits per heavy atom. The number of anilines is 1. The van der Waals surface area contributed by atoms with Gasteiger partial charge >= 0.3 is 12.1 Å². The second kappa shape index (κ2) is 7.47. The van der Waals surface area contributed by atoms with Crippen molar-refractivity contribution in [3.05, 3.63) is 22.8 Å². The number of alkyl halides is 3. The minimum atomic E-state index is -4.55. The van der Waals surface area contributed by atoms with Crippen molar-refractivity contribution in [2.24, 2.45) is 0 Å². The summed E-state index contributed by atoms with van der Waals surface area (Å²) in [7, 11) is 1.49. The third-order valence-corrected chi connectivity index (χ3v) is 4.27. The van der Waals surface area contributed by atoms with Gasteiger partial charge in [0.1, 0.15) is 11.9 Å². The fourth-order valence-electron chi connectivity index (χ4n) is 2.70. The van der Waals surface area contributed by atoms with Gasteiger partial charge in [0.2, 0.25) is 5.91 Å². The van der Waals surface area contributed by atoms with Crippen LogP contribution < -0.4 is 4.90 Å². The molecule has 0 radical (unpaired) electrons. The van der Waals surface area contributed by atoms with E-state index >= 15 is 0 Å². The van der Waals surface area contributed by atoms with Crippen molar-refractivity contribution in [2.75, 3.05) is 25.0 Å². The van der Waals surface area contributed by atoms with E-state index in [0.29, 0.717) is 25.6 Å². The molecule has 1 aromatic rings. The van der Waals surface area contributed by atoms with Gasteiger partial charge in [0.25, 0.3) is 0 Å². The number of rotatable bonds is 5. The molecule has 1 amide bonds. The molecule has 25 heavy (non-hydrogen) atoms. The molecule has 0 aliphatic carbocycles. The van der Waals surface area contributed by atoms with E-state index in [0.717, 1.165) is 6.07 Å². The van der Waals surface area contributed by atoms with Gasteiger partial charge in [0.15, 0.2) is 0 Å². The zero-order valence-electron chi connectivity index (χ0n) is 13.4. The van der Waals surface area contributed by atoms with E-state index < -0.39 is 23.8 Å². The molecule has 1 aliphatic rings. The number of pyridine rings is 1. The number of aliphatic carboxylic acids is 1. The smallest absolute Gasteiger partial charge is 0.417 e. The molecule has 10 heteroatoms. The predicted molar refractivity (Wildman–Crippen MR) is 84.5 cm³/mol. The highest BCUT2D eigenvalue weighted by Gasteiger charge is 2.36. The average molecular weight is 380 g/mol. The van der Waals surface area contributed by atoms with E-state index in [-0.39, 0.29) is 29.7 Å². The number of halogens is 4. The van der Waals surface area contributed by atoms with Gasteiger partial charge < -0.3 is 14.9 Å². The van der Waals surface area contributed by atoms with Crippen LogP contribution >= 0.6 is 11.6 Å². The second-order valence-electron chi connectivity index (χ2n) is 5.78. The van der Waals surface area contributed by atoms with Crippen molar-refractivity contribution >= 4 is 29.3 Å². The van der Waals surface area contributed by atoms with Gasteiger partial charge in [-0.3, -0.25) is 9.59 Å². The molecule has 1 saturated heterocycles. The van der Waals surface area contributed by atoms with Crippen LogP contribution in [0.1, 0.15) is 24.8 Å². The fourth-order valence-corrected chi connectivity index (χ4v) is 2.98. The molecule has 0 spiro atoms. The third kappa shape index (κ3) is 4.53. The molecule has 1 aromatic heterocycles. The molecule has 1 atom stereocenters. The highest BCUT2D eigenvalue weighted by Crippen LogP contribution is 2.35. The Balaban J connectivity index is 2.18. The van der Waals surface area contributed by atoms with Gasteiger partial charge in [-0.15, -0.1) is 0 Å². The van der Waals surface area contributed by atoms with Crippen LogP contribution in [0, 0.1) is 0 Å². The summed E-state index contributed by atoms with van der Waals surface area (Å²) in [4.78, 5) is 29.8. The van der Waals surface area contributed by atoms with Crippen LogP contribution in [0.2, 0.25) is 5.02 Å². The van der Waals surface area contributed by atoms with Crippen molar-refractivity contribution in [1.82, 2.24) is 9.88 Å². The topological polar surface area (TPSA) is 73.7 Å². The summed E-state index contributed by atoms with van der Waals surface area (Å²) < 4.78 is 38.1. The Kier molecular flexibility index (Phi) is 5.76. The van der Waals surface area contributed by atoms with E-state index in [2.05, 4.69) is 4.98 Å². The van der Waals surface area contributed by atoms with Crippen LogP contribution in [0.4, 0.5) is 19.0 Å². The summed E-state index contributed by atoms with van der Waals surface area (Å²) in [5.74, 6) is -1.20. The summed E-state index contributed by atoms with van der Waals surface area (Å²) >= 11 is 5.96. The predicted octanol–water partition coefficient (Wildman–Crippen LogP) is 2.66. The Bertz CT molecular complexity index is 669. The largest absolute Gasteiger partial charge is 0.481 e. The maximum atomic E-state index is 12.7. The van der Waals surface area contributed by atoms with E-state index in [1.54, 1.807) is 4.90 Å². The highest BCUT2D eigenvalue weighted by atomic mass is 35.5. The van der Waals surface area contributed by atoms with Gasteiger partial charge in [-0.25, -0.2) is 4.98 Å². The van der Waals surface area contributed by atoms with Crippen molar-refractivity contribution in [3.63, 3.8) is 0 Å². The third-order valence-electron chi connectivity index (χ3n) is 4.00. The van der Waals surface area contributed by atoms with Gasteiger partial charge in [0, 0.05) is 26.3 Å². The van der Waals surface area contributed by atoms with Crippen molar-refractivity contribution < 1.29 is 27.9 Å². The Labute approximate surface area is 147 Å². The molecular weight excluding hydrogens is 363 g/mol. The Hall–Kier alpha value is -2.03. The molecule has 0 bridgehead atoms. The summed E-state index contributed by atoms with van der Waals surface area (Å²) in [5.41, 5.74) is -0.957. The van der Waals surface area contributed by atoms with E-state index in [4.69, 9.17) is 16.7 Å². The lowest BCUT2D eigenvalue weighted by Gasteiger charge is -2.29. The van der Waals surface area contributed by atoms with Crippen LogP contribution in [0.3, 0.4) is 0 Å². The molecule has 138 valence electrons. The number of carbonyl (C=O) groups excluding carboxylic acids is 1.